The molecule has 0 saturated carbocycles. The van der Waals surface area contributed by atoms with Gasteiger partial charge in [-0.3, -0.25) is 4.79 Å². The van der Waals surface area contributed by atoms with Crippen LogP contribution in [0.2, 0.25) is 0 Å². The van der Waals surface area contributed by atoms with Crippen molar-refractivity contribution >= 4 is 39.8 Å². The van der Waals surface area contributed by atoms with Crippen LogP contribution in [-0.2, 0) is 6.42 Å². The van der Waals surface area contributed by atoms with Gasteiger partial charge >= 0.3 is 0 Å². The Hall–Kier alpha value is -0.950. The minimum absolute atomic E-state index is 0.00835. The first-order valence-corrected chi connectivity index (χ1v) is 8.01. The Kier molecular flexibility index (Phi) is 5.33. The molecule has 5 heteroatoms. The molecule has 19 heavy (non-hydrogen) atoms. The summed E-state index contributed by atoms with van der Waals surface area (Å²) in [5.74, 6) is -0.00835. The van der Waals surface area contributed by atoms with E-state index in [0.717, 1.165) is 26.4 Å². The topological polar surface area (TPSA) is 42.0 Å². The third-order valence-corrected chi connectivity index (χ3v) is 4.59. The summed E-state index contributed by atoms with van der Waals surface area (Å²) in [4.78, 5) is 16.9. The zero-order valence-corrected chi connectivity index (χ0v) is 13.6. The van der Waals surface area contributed by atoms with Gasteiger partial charge < -0.3 is 5.32 Å². The van der Waals surface area contributed by atoms with Gasteiger partial charge in [0.15, 0.2) is 3.01 Å². The van der Waals surface area contributed by atoms with Crippen LogP contribution in [0.4, 0.5) is 0 Å². The number of benzene rings is 1. The predicted octanol–water partition coefficient (Wildman–Crippen LogP) is 3.42. The molecule has 0 aliphatic carbocycles. The summed E-state index contributed by atoms with van der Waals surface area (Å²) < 4.78 is 0.907. The number of halogens is 1. The SMILES string of the molecule is Cc1nc(I)sc1C(=O)NCCCc1ccccc1. The van der Waals surface area contributed by atoms with Gasteiger partial charge in [0.2, 0.25) is 0 Å². The molecule has 0 aliphatic heterocycles. The van der Waals surface area contributed by atoms with Crippen LogP contribution in [0.1, 0.15) is 27.3 Å². The van der Waals surface area contributed by atoms with E-state index in [-0.39, 0.29) is 5.91 Å². The lowest BCUT2D eigenvalue weighted by Gasteiger charge is -2.04. The first-order valence-electron chi connectivity index (χ1n) is 6.12. The second-order valence-electron chi connectivity index (χ2n) is 4.23. The molecule has 0 bridgehead atoms. The number of carbonyl (C=O) groups excluding carboxylic acids is 1. The minimum Gasteiger partial charge on any atom is -0.351 e. The highest BCUT2D eigenvalue weighted by Crippen LogP contribution is 2.19. The highest BCUT2D eigenvalue weighted by atomic mass is 127. The molecule has 0 unspecified atom stereocenters. The van der Waals surface area contributed by atoms with E-state index in [2.05, 4.69) is 45.0 Å². The quantitative estimate of drug-likeness (QED) is 0.632. The Balaban J connectivity index is 1.77. The summed E-state index contributed by atoms with van der Waals surface area (Å²) >= 11 is 3.58. The maximum Gasteiger partial charge on any atom is 0.263 e. The van der Waals surface area contributed by atoms with Gasteiger partial charge in [0.1, 0.15) is 4.88 Å². The molecular weight excluding hydrogens is 371 g/mol. The summed E-state index contributed by atoms with van der Waals surface area (Å²) in [6.07, 6.45) is 1.94. The molecule has 0 aliphatic rings. The van der Waals surface area contributed by atoms with Crippen molar-refractivity contribution < 1.29 is 4.79 Å². The van der Waals surface area contributed by atoms with Crippen LogP contribution in [0.3, 0.4) is 0 Å². The van der Waals surface area contributed by atoms with Crippen molar-refractivity contribution in [2.75, 3.05) is 6.54 Å². The molecule has 2 aromatic rings. The number of aromatic nitrogens is 1. The molecule has 0 radical (unpaired) electrons. The number of rotatable bonds is 5. The van der Waals surface area contributed by atoms with Gasteiger partial charge in [0, 0.05) is 6.54 Å². The Morgan fingerprint density at radius 3 is 2.74 bits per heavy atom. The molecule has 100 valence electrons. The normalized spacial score (nSPS) is 10.4. The second kappa shape index (κ2) is 7.00. The van der Waals surface area contributed by atoms with E-state index in [9.17, 15) is 4.79 Å². The summed E-state index contributed by atoms with van der Waals surface area (Å²) in [7, 11) is 0. The van der Waals surface area contributed by atoms with E-state index in [1.807, 2.05) is 25.1 Å². The first-order chi connectivity index (χ1) is 9.16. The molecule has 1 amide bonds. The molecular formula is C14H15IN2OS. The monoisotopic (exact) mass is 386 g/mol. The number of amides is 1. The van der Waals surface area contributed by atoms with Crippen LogP contribution in [-0.4, -0.2) is 17.4 Å². The molecule has 1 heterocycles. The molecule has 0 fully saturated rings. The molecule has 0 atom stereocenters. The number of thiazole rings is 1. The van der Waals surface area contributed by atoms with E-state index in [4.69, 9.17) is 0 Å². The molecule has 3 nitrogen and oxygen atoms in total. The number of hydrogen-bond donors (Lipinski definition) is 1. The Labute approximate surface area is 130 Å². The molecule has 0 spiro atoms. The molecule has 2 rings (SSSR count). The fourth-order valence-corrected chi connectivity index (χ4v) is 3.53. The Morgan fingerprint density at radius 2 is 2.11 bits per heavy atom. The smallest absolute Gasteiger partial charge is 0.263 e. The van der Waals surface area contributed by atoms with Crippen molar-refractivity contribution in [2.45, 2.75) is 19.8 Å². The van der Waals surface area contributed by atoms with E-state index in [1.54, 1.807) is 0 Å². The zero-order chi connectivity index (χ0) is 13.7. The minimum atomic E-state index is -0.00835. The number of aryl methyl sites for hydroxylation is 2. The fourth-order valence-electron chi connectivity index (χ4n) is 1.79. The van der Waals surface area contributed by atoms with Crippen LogP contribution >= 0.6 is 33.9 Å². The second-order valence-corrected chi connectivity index (χ2v) is 6.98. The van der Waals surface area contributed by atoms with E-state index < -0.39 is 0 Å². The van der Waals surface area contributed by atoms with Crippen molar-refractivity contribution in [3.63, 3.8) is 0 Å². The van der Waals surface area contributed by atoms with E-state index in [0.29, 0.717) is 6.54 Å². The van der Waals surface area contributed by atoms with Crippen LogP contribution in [0, 0.1) is 9.94 Å². The summed E-state index contributed by atoms with van der Waals surface area (Å²) in [5, 5.41) is 2.95. The van der Waals surface area contributed by atoms with Crippen molar-refractivity contribution in [3.8, 4) is 0 Å². The molecule has 1 N–H and O–H groups in total. The Morgan fingerprint density at radius 1 is 1.37 bits per heavy atom. The number of nitrogens with one attached hydrogen (secondary N) is 1. The lowest BCUT2D eigenvalue weighted by Crippen LogP contribution is -2.24. The van der Waals surface area contributed by atoms with Gasteiger partial charge in [-0.25, -0.2) is 4.98 Å². The first kappa shape index (κ1) is 14.5. The number of carbonyl (C=O) groups is 1. The van der Waals surface area contributed by atoms with Crippen LogP contribution in [0.25, 0.3) is 0 Å². The largest absolute Gasteiger partial charge is 0.351 e. The van der Waals surface area contributed by atoms with Crippen LogP contribution in [0.15, 0.2) is 30.3 Å². The van der Waals surface area contributed by atoms with Gasteiger partial charge in [0.25, 0.3) is 5.91 Å². The average Bonchev–Trinajstić information content (AvgIpc) is 2.75. The molecule has 0 saturated heterocycles. The van der Waals surface area contributed by atoms with Crippen LogP contribution in [0.5, 0.6) is 0 Å². The summed E-state index contributed by atoms with van der Waals surface area (Å²) in [5.41, 5.74) is 2.12. The van der Waals surface area contributed by atoms with Crippen LogP contribution < -0.4 is 5.32 Å². The summed E-state index contributed by atoms with van der Waals surface area (Å²) in [6, 6.07) is 10.3. The van der Waals surface area contributed by atoms with Gasteiger partial charge in [-0.2, -0.15) is 0 Å². The molecule has 1 aromatic heterocycles. The third kappa shape index (κ3) is 4.28. The van der Waals surface area contributed by atoms with Crippen molar-refractivity contribution in [3.05, 3.63) is 49.5 Å². The fraction of sp³-hybridized carbons (Fsp3) is 0.286. The lowest BCUT2D eigenvalue weighted by atomic mass is 10.1. The predicted molar refractivity (Wildman–Crippen MR) is 86.7 cm³/mol. The third-order valence-electron chi connectivity index (χ3n) is 2.75. The van der Waals surface area contributed by atoms with Gasteiger partial charge in [-0.1, -0.05) is 30.3 Å². The van der Waals surface area contributed by atoms with Crippen molar-refractivity contribution in [1.82, 2.24) is 10.3 Å². The number of hydrogen-bond acceptors (Lipinski definition) is 3. The van der Waals surface area contributed by atoms with E-state index >= 15 is 0 Å². The van der Waals surface area contributed by atoms with Gasteiger partial charge in [0.05, 0.1) is 5.69 Å². The average molecular weight is 386 g/mol. The standard InChI is InChI=1S/C14H15IN2OS/c1-10-12(19-14(15)17-10)13(18)16-9-5-8-11-6-3-2-4-7-11/h2-4,6-7H,5,8-9H2,1H3,(H,16,18). The summed E-state index contributed by atoms with van der Waals surface area (Å²) in [6.45, 7) is 2.57. The van der Waals surface area contributed by atoms with Crippen molar-refractivity contribution in [2.24, 2.45) is 0 Å². The van der Waals surface area contributed by atoms with Gasteiger partial charge in [-0.15, -0.1) is 11.3 Å². The lowest BCUT2D eigenvalue weighted by molar-refractivity contribution is 0.0956. The zero-order valence-electron chi connectivity index (χ0n) is 10.6. The molecule has 1 aromatic carbocycles. The van der Waals surface area contributed by atoms with E-state index in [1.165, 1.54) is 16.9 Å². The van der Waals surface area contributed by atoms with Gasteiger partial charge in [-0.05, 0) is 47.9 Å². The van der Waals surface area contributed by atoms with Crippen molar-refractivity contribution in [1.29, 1.82) is 0 Å². The Bertz CT molecular complexity index is 554. The maximum absolute atomic E-state index is 11.9. The highest BCUT2D eigenvalue weighted by molar-refractivity contribution is 14.1. The maximum atomic E-state index is 11.9. The number of nitrogens with zero attached hydrogens (tertiary/aromatic N) is 1. The highest BCUT2D eigenvalue weighted by Gasteiger charge is 2.13.